The van der Waals surface area contributed by atoms with Crippen molar-refractivity contribution in [2.45, 2.75) is 27.2 Å². The molecule has 2 N–H and O–H groups in total. The van der Waals surface area contributed by atoms with E-state index in [9.17, 15) is 9.59 Å². The summed E-state index contributed by atoms with van der Waals surface area (Å²) in [5.41, 5.74) is 8.10. The maximum atomic E-state index is 12.3. The summed E-state index contributed by atoms with van der Waals surface area (Å²) in [6.45, 7) is 5.09. The topological polar surface area (TPSA) is 80.6 Å². The van der Waals surface area contributed by atoms with Crippen molar-refractivity contribution in [3.8, 4) is 5.75 Å². The molecule has 0 fully saturated rings. The van der Waals surface area contributed by atoms with Crippen LogP contribution in [-0.2, 0) is 11.2 Å². The summed E-state index contributed by atoms with van der Waals surface area (Å²) in [6.07, 6.45) is 0.702. The number of benzene rings is 2. The Balaban J connectivity index is 1.55. The normalized spacial score (nSPS) is 10.4. The van der Waals surface area contributed by atoms with Crippen LogP contribution in [0.4, 0.5) is 0 Å². The Labute approximate surface area is 169 Å². The Hall–Kier alpha value is -3.54. The molecule has 0 atom stereocenters. The van der Waals surface area contributed by atoms with E-state index in [1.807, 2.05) is 54.6 Å². The fourth-order valence-corrected chi connectivity index (χ4v) is 3.10. The number of furan rings is 1. The molecular weight excluding hydrogens is 368 g/mol. The summed E-state index contributed by atoms with van der Waals surface area (Å²) in [5.74, 6) is 0.947. The molecule has 29 heavy (non-hydrogen) atoms. The molecule has 0 unspecified atom stereocenters. The number of aryl methyl sites for hydroxylation is 2. The number of nitrogens with one attached hydrogen (secondary N) is 2. The second-order valence-electron chi connectivity index (χ2n) is 6.78. The lowest BCUT2D eigenvalue weighted by atomic mass is 10.0. The largest absolute Gasteiger partial charge is 0.483 e. The molecule has 1 aromatic heterocycles. The number of hydrogen-bond acceptors (Lipinski definition) is 4. The average molecular weight is 392 g/mol. The molecule has 0 saturated heterocycles. The average Bonchev–Trinajstić information content (AvgIpc) is 2.98. The van der Waals surface area contributed by atoms with Crippen molar-refractivity contribution in [3.63, 3.8) is 0 Å². The molecule has 0 aliphatic carbocycles. The van der Waals surface area contributed by atoms with Gasteiger partial charge in [0.05, 0.1) is 5.56 Å². The van der Waals surface area contributed by atoms with E-state index in [0.29, 0.717) is 29.3 Å². The number of hydrogen-bond donors (Lipinski definition) is 2. The van der Waals surface area contributed by atoms with Crippen LogP contribution in [0.25, 0.3) is 0 Å². The van der Waals surface area contributed by atoms with Crippen LogP contribution in [0, 0.1) is 20.8 Å². The maximum Gasteiger partial charge on any atom is 0.276 e. The summed E-state index contributed by atoms with van der Waals surface area (Å²) in [6, 6.07) is 17.6. The fraction of sp³-hybridized carbons (Fsp3) is 0.217. The highest BCUT2D eigenvalue weighted by Gasteiger charge is 2.19. The van der Waals surface area contributed by atoms with Gasteiger partial charge < -0.3 is 9.15 Å². The molecule has 0 spiro atoms. The molecule has 0 aliphatic rings. The lowest BCUT2D eigenvalue weighted by Gasteiger charge is -2.12. The van der Waals surface area contributed by atoms with Crippen molar-refractivity contribution in [2.75, 3.05) is 6.61 Å². The van der Waals surface area contributed by atoms with Gasteiger partial charge in [-0.15, -0.1) is 0 Å². The Morgan fingerprint density at radius 1 is 0.897 bits per heavy atom. The minimum Gasteiger partial charge on any atom is -0.483 e. The number of ether oxygens (including phenoxy) is 1. The maximum absolute atomic E-state index is 12.3. The molecule has 3 aromatic rings. The summed E-state index contributed by atoms with van der Waals surface area (Å²) in [7, 11) is 0. The highest BCUT2D eigenvalue weighted by molar-refractivity contribution is 5.97. The van der Waals surface area contributed by atoms with E-state index >= 15 is 0 Å². The molecule has 0 bridgehead atoms. The third-order valence-corrected chi connectivity index (χ3v) is 4.67. The molecular formula is C23H24N2O4. The van der Waals surface area contributed by atoms with Gasteiger partial charge in [0.2, 0.25) is 0 Å². The van der Waals surface area contributed by atoms with Gasteiger partial charge in [-0.2, -0.15) is 0 Å². The zero-order valence-corrected chi connectivity index (χ0v) is 16.7. The van der Waals surface area contributed by atoms with Gasteiger partial charge in [0.1, 0.15) is 17.3 Å². The molecule has 2 aromatic carbocycles. The fourth-order valence-electron chi connectivity index (χ4n) is 3.10. The highest BCUT2D eigenvalue weighted by atomic mass is 16.5. The summed E-state index contributed by atoms with van der Waals surface area (Å²) in [4.78, 5) is 24.4. The van der Waals surface area contributed by atoms with Crippen molar-refractivity contribution in [2.24, 2.45) is 0 Å². The number of hydrazine groups is 1. The highest BCUT2D eigenvalue weighted by Crippen LogP contribution is 2.22. The van der Waals surface area contributed by atoms with Gasteiger partial charge in [-0.25, -0.2) is 0 Å². The van der Waals surface area contributed by atoms with Gasteiger partial charge in [0.15, 0.2) is 6.61 Å². The number of carbonyl (C=O) groups excluding carboxylic acids is 2. The van der Waals surface area contributed by atoms with Crippen molar-refractivity contribution in [3.05, 3.63) is 88.4 Å². The van der Waals surface area contributed by atoms with Crippen molar-refractivity contribution < 1.29 is 18.7 Å². The zero-order valence-electron chi connectivity index (χ0n) is 16.7. The quantitative estimate of drug-likeness (QED) is 0.628. The smallest absolute Gasteiger partial charge is 0.276 e. The van der Waals surface area contributed by atoms with Crippen LogP contribution in [0.3, 0.4) is 0 Å². The molecule has 6 nitrogen and oxygen atoms in total. The third-order valence-electron chi connectivity index (χ3n) is 4.67. The van der Waals surface area contributed by atoms with Gasteiger partial charge >= 0.3 is 0 Å². The minimum atomic E-state index is -0.455. The van der Waals surface area contributed by atoms with Crippen molar-refractivity contribution in [1.29, 1.82) is 0 Å². The van der Waals surface area contributed by atoms with Crippen LogP contribution >= 0.6 is 0 Å². The van der Waals surface area contributed by atoms with E-state index in [1.165, 1.54) is 0 Å². The number of para-hydroxylation sites is 1. The van der Waals surface area contributed by atoms with Crippen LogP contribution in [0.15, 0.2) is 59.0 Å². The van der Waals surface area contributed by atoms with E-state index in [4.69, 9.17) is 9.15 Å². The minimum absolute atomic E-state index is 0.214. The van der Waals surface area contributed by atoms with Crippen LogP contribution in [0.1, 0.15) is 38.6 Å². The van der Waals surface area contributed by atoms with Gasteiger partial charge in [0, 0.05) is 12.0 Å². The van der Waals surface area contributed by atoms with E-state index in [0.717, 1.165) is 16.7 Å². The van der Waals surface area contributed by atoms with Crippen LogP contribution < -0.4 is 15.6 Å². The predicted molar refractivity (Wildman–Crippen MR) is 110 cm³/mol. The van der Waals surface area contributed by atoms with Gasteiger partial charge in [-0.1, -0.05) is 48.5 Å². The molecule has 3 rings (SSSR count). The molecule has 0 saturated carbocycles. The van der Waals surface area contributed by atoms with Gasteiger partial charge in [-0.3, -0.25) is 20.4 Å². The Bertz CT molecular complexity index is 1010. The van der Waals surface area contributed by atoms with Crippen LogP contribution in [-0.4, -0.2) is 18.4 Å². The second-order valence-corrected chi connectivity index (χ2v) is 6.78. The van der Waals surface area contributed by atoms with Crippen molar-refractivity contribution >= 4 is 11.8 Å². The molecule has 0 radical (unpaired) electrons. The zero-order chi connectivity index (χ0) is 20.8. The number of amides is 2. The first kappa shape index (κ1) is 20.2. The molecule has 0 aliphatic heterocycles. The molecule has 2 amide bonds. The number of carbonyl (C=O) groups is 2. The van der Waals surface area contributed by atoms with Crippen LogP contribution in [0.5, 0.6) is 5.75 Å². The summed E-state index contributed by atoms with van der Waals surface area (Å²) in [5, 5.41) is 0. The van der Waals surface area contributed by atoms with E-state index in [2.05, 4.69) is 10.9 Å². The summed E-state index contributed by atoms with van der Waals surface area (Å²) >= 11 is 0. The van der Waals surface area contributed by atoms with Gasteiger partial charge in [0.25, 0.3) is 11.8 Å². The van der Waals surface area contributed by atoms with Crippen LogP contribution in [0.2, 0.25) is 0 Å². The Kier molecular flexibility index (Phi) is 6.34. The first-order valence-electron chi connectivity index (χ1n) is 9.36. The first-order chi connectivity index (χ1) is 14.0. The molecule has 1 heterocycles. The molecule has 150 valence electrons. The molecule has 6 heteroatoms. The van der Waals surface area contributed by atoms with E-state index in [-0.39, 0.29) is 6.61 Å². The Morgan fingerprint density at radius 2 is 1.59 bits per heavy atom. The lowest BCUT2D eigenvalue weighted by molar-refractivity contribution is -0.123. The van der Waals surface area contributed by atoms with E-state index in [1.54, 1.807) is 20.8 Å². The van der Waals surface area contributed by atoms with E-state index < -0.39 is 11.8 Å². The van der Waals surface area contributed by atoms with Gasteiger partial charge in [-0.05, 0) is 38.0 Å². The lowest BCUT2D eigenvalue weighted by Crippen LogP contribution is -2.44. The standard InChI is InChI=1S/C23H24N2O4/c1-15-16(2)29-17(3)22(15)23(27)25-24-21(26)14-28-20-12-8-7-11-19(20)13-18-9-5-4-6-10-18/h4-12H,13-14H2,1-3H3,(H,24,26)(H,25,27). The van der Waals surface area contributed by atoms with Crippen molar-refractivity contribution in [1.82, 2.24) is 10.9 Å². The second kappa shape index (κ2) is 9.10. The SMILES string of the molecule is Cc1oc(C)c(C(=O)NNC(=O)COc2ccccc2Cc2ccccc2)c1C. The number of rotatable bonds is 6. The monoisotopic (exact) mass is 392 g/mol. The third kappa shape index (κ3) is 5.04. The Morgan fingerprint density at radius 3 is 2.28 bits per heavy atom. The predicted octanol–water partition coefficient (Wildman–Crippen LogP) is 3.64. The first-order valence-corrected chi connectivity index (χ1v) is 9.36. The summed E-state index contributed by atoms with van der Waals surface area (Å²) < 4.78 is 11.1.